The van der Waals surface area contributed by atoms with E-state index in [0.717, 1.165) is 36.1 Å². The molecule has 1 saturated carbocycles. The van der Waals surface area contributed by atoms with E-state index in [0.29, 0.717) is 12.1 Å². The first-order chi connectivity index (χ1) is 9.65. The summed E-state index contributed by atoms with van der Waals surface area (Å²) in [5, 5.41) is 6.26. The maximum Gasteiger partial charge on any atom is 0.251 e. The summed E-state index contributed by atoms with van der Waals surface area (Å²) in [7, 11) is 3.44. The SMILES string of the molecule is CNC(=O)c1cccc(NC2CCCC(OC)C2)c1C. The third-order valence-electron chi connectivity index (χ3n) is 4.12. The molecule has 0 spiro atoms. The van der Waals surface area contributed by atoms with Gasteiger partial charge in [0.25, 0.3) is 5.91 Å². The minimum atomic E-state index is -0.0374. The topological polar surface area (TPSA) is 50.4 Å². The largest absolute Gasteiger partial charge is 0.382 e. The van der Waals surface area contributed by atoms with Crippen LogP contribution in [0.4, 0.5) is 5.69 Å². The van der Waals surface area contributed by atoms with E-state index in [1.54, 1.807) is 14.2 Å². The van der Waals surface area contributed by atoms with Crippen molar-refractivity contribution in [2.45, 2.75) is 44.8 Å². The maximum absolute atomic E-state index is 11.8. The molecule has 0 bridgehead atoms. The molecular weight excluding hydrogens is 252 g/mol. The standard InChI is InChI=1S/C16H24N2O2/c1-11-14(16(19)17-2)8-5-9-15(11)18-12-6-4-7-13(10-12)20-3/h5,8-9,12-13,18H,4,6-7,10H2,1-3H3,(H,17,19). The lowest BCUT2D eigenvalue weighted by atomic mass is 9.92. The normalized spacial score (nSPS) is 22.4. The van der Waals surface area contributed by atoms with Gasteiger partial charge in [-0.1, -0.05) is 6.07 Å². The van der Waals surface area contributed by atoms with Gasteiger partial charge in [-0.25, -0.2) is 0 Å². The molecule has 110 valence electrons. The first-order valence-electron chi connectivity index (χ1n) is 7.26. The highest BCUT2D eigenvalue weighted by atomic mass is 16.5. The highest BCUT2D eigenvalue weighted by Gasteiger charge is 2.22. The van der Waals surface area contributed by atoms with Crippen molar-refractivity contribution in [2.75, 3.05) is 19.5 Å². The highest BCUT2D eigenvalue weighted by molar-refractivity contribution is 5.96. The van der Waals surface area contributed by atoms with Crippen molar-refractivity contribution in [3.8, 4) is 0 Å². The molecule has 1 amide bonds. The van der Waals surface area contributed by atoms with Crippen LogP contribution in [0.15, 0.2) is 18.2 Å². The Morgan fingerprint density at radius 2 is 2.15 bits per heavy atom. The second kappa shape index (κ2) is 6.75. The summed E-state index contributed by atoms with van der Waals surface area (Å²) in [6, 6.07) is 6.25. The molecule has 2 atom stereocenters. The van der Waals surface area contributed by atoms with Crippen LogP contribution in [-0.4, -0.2) is 32.2 Å². The van der Waals surface area contributed by atoms with Crippen LogP contribution in [-0.2, 0) is 4.74 Å². The van der Waals surface area contributed by atoms with Gasteiger partial charge in [0.05, 0.1) is 6.10 Å². The van der Waals surface area contributed by atoms with E-state index in [4.69, 9.17) is 4.74 Å². The molecule has 0 radical (unpaired) electrons. The van der Waals surface area contributed by atoms with E-state index in [2.05, 4.69) is 10.6 Å². The molecule has 0 heterocycles. The van der Waals surface area contributed by atoms with E-state index >= 15 is 0 Å². The Labute approximate surface area is 120 Å². The summed E-state index contributed by atoms with van der Waals surface area (Å²) in [4.78, 5) is 11.8. The smallest absolute Gasteiger partial charge is 0.251 e. The van der Waals surface area contributed by atoms with Crippen LogP contribution in [0, 0.1) is 6.92 Å². The van der Waals surface area contributed by atoms with Gasteiger partial charge in [0, 0.05) is 31.5 Å². The lowest BCUT2D eigenvalue weighted by Crippen LogP contribution is -2.31. The number of anilines is 1. The summed E-state index contributed by atoms with van der Waals surface area (Å²) in [6.45, 7) is 1.99. The van der Waals surface area contributed by atoms with Crippen molar-refractivity contribution >= 4 is 11.6 Å². The van der Waals surface area contributed by atoms with Gasteiger partial charge in [-0.3, -0.25) is 4.79 Å². The molecule has 0 saturated heterocycles. The second-order valence-corrected chi connectivity index (χ2v) is 5.42. The number of hydrogen-bond acceptors (Lipinski definition) is 3. The van der Waals surface area contributed by atoms with Gasteiger partial charge in [-0.05, 0) is 50.3 Å². The van der Waals surface area contributed by atoms with Gasteiger partial charge in [0.1, 0.15) is 0 Å². The zero-order chi connectivity index (χ0) is 14.5. The lowest BCUT2D eigenvalue weighted by molar-refractivity contribution is 0.0669. The predicted octanol–water partition coefficient (Wildman–Crippen LogP) is 2.72. The lowest BCUT2D eigenvalue weighted by Gasteiger charge is -2.30. The van der Waals surface area contributed by atoms with Gasteiger partial charge < -0.3 is 15.4 Å². The molecule has 0 aromatic heterocycles. The molecular formula is C16H24N2O2. The molecule has 2 N–H and O–H groups in total. The van der Waals surface area contributed by atoms with Crippen LogP contribution in [0.1, 0.15) is 41.6 Å². The number of rotatable bonds is 4. The number of hydrogen-bond donors (Lipinski definition) is 2. The fourth-order valence-electron chi connectivity index (χ4n) is 2.88. The molecule has 1 aliphatic carbocycles. The summed E-state index contributed by atoms with van der Waals surface area (Å²) >= 11 is 0. The number of amides is 1. The Hall–Kier alpha value is -1.55. The summed E-state index contributed by atoms with van der Waals surface area (Å²) in [5.74, 6) is -0.0374. The fourth-order valence-corrected chi connectivity index (χ4v) is 2.88. The first kappa shape index (κ1) is 14.9. The second-order valence-electron chi connectivity index (χ2n) is 5.42. The van der Waals surface area contributed by atoms with Gasteiger partial charge in [-0.15, -0.1) is 0 Å². The number of carbonyl (C=O) groups excluding carboxylic acids is 1. The van der Waals surface area contributed by atoms with E-state index in [-0.39, 0.29) is 5.91 Å². The fraction of sp³-hybridized carbons (Fsp3) is 0.562. The van der Waals surface area contributed by atoms with Crippen molar-refractivity contribution in [1.82, 2.24) is 5.32 Å². The van der Waals surface area contributed by atoms with E-state index < -0.39 is 0 Å². The quantitative estimate of drug-likeness (QED) is 0.889. The Morgan fingerprint density at radius 1 is 1.35 bits per heavy atom. The van der Waals surface area contributed by atoms with E-state index in [1.165, 1.54) is 6.42 Å². The molecule has 0 aliphatic heterocycles. The number of ether oxygens (including phenoxy) is 1. The van der Waals surface area contributed by atoms with Gasteiger partial charge in [-0.2, -0.15) is 0 Å². The van der Waals surface area contributed by atoms with Crippen LogP contribution >= 0.6 is 0 Å². The monoisotopic (exact) mass is 276 g/mol. The highest BCUT2D eigenvalue weighted by Crippen LogP contribution is 2.26. The number of nitrogens with one attached hydrogen (secondary N) is 2. The van der Waals surface area contributed by atoms with Crippen molar-refractivity contribution in [2.24, 2.45) is 0 Å². The molecule has 1 aromatic carbocycles. The van der Waals surface area contributed by atoms with E-state index in [1.807, 2.05) is 25.1 Å². The Balaban J connectivity index is 2.11. The van der Waals surface area contributed by atoms with Gasteiger partial charge in [0.2, 0.25) is 0 Å². The maximum atomic E-state index is 11.8. The summed E-state index contributed by atoms with van der Waals surface area (Å²) < 4.78 is 5.46. The molecule has 2 rings (SSSR count). The van der Waals surface area contributed by atoms with Crippen molar-refractivity contribution in [3.05, 3.63) is 29.3 Å². The summed E-state index contributed by atoms with van der Waals surface area (Å²) in [5.41, 5.74) is 2.79. The van der Waals surface area contributed by atoms with Crippen molar-refractivity contribution in [1.29, 1.82) is 0 Å². The average Bonchev–Trinajstić information content (AvgIpc) is 2.49. The van der Waals surface area contributed by atoms with Crippen LogP contribution in [0.2, 0.25) is 0 Å². The molecule has 1 fully saturated rings. The van der Waals surface area contributed by atoms with E-state index in [9.17, 15) is 4.79 Å². The van der Waals surface area contributed by atoms with Crippen LogP contribution in [0.5, 0.6) is 0 Å². The minimum Gasteiger partial charge on any atom is -0.382 e. The minimum absolute atomic E-state index is 0.0374. The molecule has 1 aromatic rings. The van der Waals surface area contributed by atoms with Crippen molar-refractivity contribution < 1.29 is 9.53 Å². The van der Waals surface area contributed by atoms with Crippen LogP contribution in [0.3, 0.4) is 0 Å². The Bertz CT molecular complexity index is 474. The average molecular weight is 276 g/mol. The van der Waals surface area contributed by atoms with Crippen LogP contribution in [0.25, 0.3) is 0 Å². The zero-order valence-corrected chi connectivity index (χ0v) is 12.5. The van der Waals surface area contributed by atoms with Crippen molar-refractivity contribution in [3.63, 3.8) is 0 Å². The first-order valence-corrected chi connectivity index (χ1v) is 7.26. The Kier molecular flexibility index (Phi) is 5.01. The predicted molar refractivity (Wildman–Crippen MR) is 81.2 cm³/mol. The molecule has 4 heteroatoms. The molecule has 1 aliphatic rings. The Morgan fingerprint density at radius 3 is 2.85 bits per heavy atom. The third kappa shape index (κ3) is 3.31. The molecule has 20 heavy (non-hydrogen) atoms. The van der Waals surface area contributed by atoms with Gasteiger partial charge in [0.15, 0.2) is 0 Å². The summed E-state index contributed by atoms with van der Waals surface area (Å²) in [6.07, 6.45) is 4.86. The van der Waals surface area contributed by atoms with Gasteiger partial charge >= 0.3 is 0 Å². The molecule has 2 unspecified atom stereocenters. The van der Waals surface area contributed by atoms with Crippen LogP contribution < -0.4 is 10.6 Å². The number of carbonyl (C=O) groups is 1. The molecule has 4 nitrogen and oxygen atoms in total. The zero-order valence-electron chi connectivity index (χ0n) is 12.5. The number of benzene rings is 1. The third-order valence-corrected chi connectivity index (χ3v) is 4.12. The number of methoxy groups -OCH3 is 1.